The molecule has 0 aliphatic heterocycles. The second-order valence-electron chi connectivity index (χ2n) is 17.3. The van der Waals surface area contributed by atoms with Crippen molar-refractivity contribution in [2.24, 2.45) is 11.8 Å². The molecule has 0 saturated heterocycles. The van der Waals surface area contributed by atoms with Crippen molar-refractivity contribution >= 4 is 35.5 Å². The minimum atomic E-state index is -0.543. The van der Waals surface area contributed by atoms with Gasteiger partial charge < -0.3 is 24.6 Å². The molecule has 0 heterocycles. The molecule has 0 rings (SSSR count). The molecule has 0 aromatic heterocycles. The van der Waals surface area contributed by atoms with Gasteiger partial charge in [0.15, 0.2) is 0 Å². The fraction of sp³-hybridized carbons (Fsp3) is 0.958. The van der Waals surface area contributed by atoms with Gasteiger partial charge in [0.25, 0.3) is 0 Å². The molecule has 0 fully saturated rings. The van der Waals surface area contributed by atoms with Crippen molar-refractivity contribution in [2.45, 2.75) is 207 Å². The van der Waals surface area contributed by atoms with Crippen LogP contribution in [0.5, 0.6) is 0 Å². The molecule has 0 amide bonds. The molecule has 4 atom stereocenters. The SMILES string of the molecule is CCCCCCCCC(CCCCCC)COC(=O)CCSCC(O)CN(CCN(C)C)CC(O)CSCCCOC(=O)C(CCCCCC)CCCCCCCC. The predicted octanol–water partition coefficient (Wildman–Crippen LogP) is 11.6. The molecular weight excluding hydrogens is 765 g/mol. The molecular formula is C48H96N2O6S2. The Hall–Kier alpha value is -0.520. The van der Waals surface area contributed by atoms with Gasteiger partial charge in [-0.15, -0.1) is 0 Å². The van der Waals surface area contributed by atoms with Crippen molar-refractivity contribution in [2.75, 3.05) is 76.5 Å². The Kier molecular flexibility index (Phi) is 42.8. The first-order chi connectivity index (χ1) is 28.2. The van der Waals surface area contributed by atoms with Gasteiger partial charge in [-0.3, -0.25) is 14.5 Å². The number of rotatable bonds is 45. The minimum absolute atomic E-state index is 0.0148. The zero-order chi connectivity index (χ0) is 42.9. The van der Waals surface area contributed by atoms with Crippen LogP contribution in [0.2, 0.25) is 0 Å². The summed E-state index contributed by atoms with van der Waals surface area (Å²) < 4.78 is 11.5. The van der Waals surface area contributed by atoms with Crippen LogP contribution in [0.3, 0.4) is 0 Å². The summed E-state index contributed by atoms with van der Waals surface area (Å²) in [6, 6.07) is 0. The lowest BCUT2D eigenvalue weighted by atomic mass is 9.94. The molecule has 0 aliphatic carbocycles. The van der Waals surface area contributed by atoms with E-state index in [9.17, 15) is 19.8 Å². The van der Waals surface area contributed by atoms with E-state index in [4.69, 9.17) is 9.47 Å². The molecule has 4 unspecified atom stereocenters. The largest absolute Gasteiger partial charge is 0.465 e. The summed E-state index contributed by atoms with van der Waals surface area (Å²) in [5.41, 5.74) is 0. The van der Waals surface area contributed by atoms with Gasteiger partial charge >= 0.3 is 11.9 Å². The Balaban J connectivity index is 4.54. The van der Waals surface area contributed by atoms with Gasteiger partial charge in [0, 0.05) is 43.4 Å². The van der Waals surface area contributed by atoms with E-state index < -0.39 is 12.2 Å². The Morgan fingerprint density at radius 3 is 1.50 bits per heavy atom. The van der Waals surface area contributed by atoms with E-state index in [1.807, 2.05) is 14.1 Å². The highest BCUT2D eigenvalue weighted by Crippen LogP contribution is 2.22. The number of ether oxygens (including phenoxy) is 2. The monoisotopic (exact) mass is 861 g/mol. The highest BCUT2D eigenvalue weighted by atomic mass is 32.2. The van der Waals surface area contributed by atoms with Crippen molar-refractivity contribution in [3.63, 3.8) is 0 Å². The third-order valence-corrected chi connectivity index (χ3v) is 13.4. The van der Waals surface area contributed by atoms with E-state index in [1.165, 1.54) is 116 Å². The average Bonchev–Trinajstić information content (AvgIpc) is 3.20. The highest BCUT2D eigenvalue weighted by Gasteiger charge is 2.20. The molecule has 0 aromatic rings. The molecule has 8 nitrogen and oxygen atoms in total. The average molecular weight is 861 g/mol. The van der Waals surface area contributed by atoms with Crippen molar-refractivity contribution in [1.82, 2.24) is 9.80 Å². The number of carbonyl (C=O) groups excluding carboxylic acids is 2. The number of aliphatic hydroxyl groups excluding tert-OH is 2. The van der Waals surface area contributed by atoms with Crippen LogP contribution in [0.25, 0.3) is 0 Å². The van der Waals surface area contributed by atoms with E-state index in [0.717, 1.165) is 63.8 Å². The van der Waals surface area contributed by atoms with E-state index in [0.29, 0.717) is 55.9 Å². The molecule has 0 spiro atoms. The number of hydrogen-bond acceptors (Lipinski definition) is 10. The Labute approximate surface area is 368 Å². The first-order valence-electron chi connectivity index (χ1n) is 24.4. The number of esters is 2. The van der Waals surface area contributed by atoms with Gasteiger partial charge in [-0.1, -0.05) is 156 Å². The number of nitrogens with zero attached hydrogens (tertiary/aromatic N) is 2. The van der Waals surface area contributed by atoms with Crippen molar-refractivity contribution in [3.05, 3.63) is 0 Å². The zero-order valence-electron chi connectivity index (χ0n) is 39.0. The normalized spacial score (nSPS) is 13.9. The fourth-order valence-electron chi connectivity index (χ4n) is 7.38. The third-order valence-electron chi connectivity index (χ3n) is 11.1. The second kappa shape index (κ2) is 43.1. The number of unbranched alkanes of at least 4 members (excludes halogenated alkanes) is 16. The minimum Gasteiger partial charge on any atom is -0.465 e. The number of likely N-dealkylation sites (N-methyl/N-ethyl adjacent to an activating group) is 1. The molecule has 0 aliphatic rings. The molecule has 346 valence electrons. The highest BCUT2D eigenvalue weighted by molar-refractivity contribution is 7.99. The summed E-state index contributed by atoms with van der Waals surface area (Å²) in [5.74, 6) is 2.99. The second-order valence-corrected chi connectivity index (χ2v) is 19.6. The van der Waals surface area contributed by atoms with E-state index >= 15 is 0 Å². The molecule has 0 radical (unpaired) electrons. The van der Waals surface area contributed by atoms with Crippen LogP contribution in [0.4, 0.5) is 0 Å². The molecule has 10 heteroatoms. The van der Waals surface area contributed by atoms with Gasteiger partial charge in [0.05, 0.1) is 37.8 Å². The number of hydrogen-bond donors (Lipinski definition) is 2. The van der Waals surface area contributed by atoms with E-state index in [2.05, 4.69) is 37.5 Å². The molecule has 58 heavy (non-hydrogen) atoms. The number of thioether (sulfide) groups is 2. The van der Waals surface area contributed by atoms with E-state index in [1.54, 1.807) is 23.5 Å². The summed E-state index contributed by atoms with van der Waals surface area (Å²) in [7, 11) is 4.07. The van der Waals surface area contributed by atoms with Crippen molar-refractivity contribution in [3.8, 4) is 0 Å². The van der Waals surface area contributed by atoms with Gasteiger partial charge in [0.2, 0.25) is 0 Å². The van der Waals surface area contributed by atoms with Crippen molar-refractivity contribution in [1.29, 1.82) is 0 Å². The molecule has 0 bridgehead atoms. The first-order valence-corrected chi connectivity index (χ1v) is 26.7. The molecule has 2 N–H and O–H groups in total. The Morgan fingerprint density at radius 1 is 0.552 bits per heavy atom. The van der Waals surface area contributed by atoms with Crippen LogP contribution in [-0.2, 0) is 19.1 Å². The maximum atomic E-state index is 13.0. The van der Waals surface area contributed by atoms with Gasteiger partial charge in [-0.25, -0.2) is 0 Å². The van der Waals surface area contributed by atoms with Gasteiger partial charge in [-0.05, 0) is 57.9 Å². The Bertz CT molecular complexity index is 900. The standard InChI is InChI=1S/C48H96N2O6S2/c1-7-11-15-19-21-24-29-43(28-23-17-13-9-3)40-56-47(53)32-37-58-42-46(52)39-50(34-33-49(5)6)38-45(51)41-57-36-27-35-55-48(54)44(30-25-18-14-10-4)31-26-22-20-16-12-8-2/h43-46,51-52H,7-42H2,1-6H3. The Morgan fingerprint density at radius 2 is 1.00 bits per heavy atom. The van der Waals surface area contributed by atoms with Crippen LogP contribution in [0.15, 0.2) is 0 Å². The maximum absolute atomic E-state index is 13.0. The van der Waals surface area contributed by atoms with Crippen LogP contribution in [0.1, 0.15) is 195 Å². The van der Waals surface area contributed by atoms with Crippen LogP contribution in [0, 0.1) is 11.8 Å². The third kappa shape index (κ3) is 38.4. The quantitative estimate of drug-likeness (QED) is 0.0455. The summed E-state index contributed by atoms with van der Waals surface area (Å²) in [6.07, 6.45) is 29.2. The van der Waals surface area contributed by atoms with Gasteiger partial charge in [0.1, 0.15) is 0 Å². The van der Waals surface area contributed by atoms with Crippen LogP contribution >= 0.6 is 23.5 Å². The number of aliphatic hydroxyl groups is 2. The molecule has 0 aromatic carbocycles. The maximum Gasteiger partial charge on any atom is 0.308 e. The summed E-state index contributed by atoms with van der Waals surface area (Å²) in [6.45, 7) is 12.5. The molecule has 0 saturated carbocycles. The topological polar surface area (TPSA) is 99.5 Å². The zero-order valence-corrected chi connectivity index (χ0v) is 40.6. The first kappa shape index (κ1) is 57.5. The predicted molar refractivity (Wildman–Crippen MR) is 253 cm³/mol. The van der Waals surface area contributed by atoms with Gasteiger partial charge in [-0.2, -0.15) is 23.5 Å². The summed E-state index contributed by atoms with van der Waals surface area (Å²) >= 11 is 3.30. The summed E-state index contributed by atoms with van der Waals surface area (Å²) in [4.78, 5) is 29.9. The lowest BCUT2D eigenvalue weighted by Crippen LogP contribution is -2.42. The summed E-state index contributed by atoms with van der Waals surface area (Å²) in [5, 5.41) is 21.8. The lowest BCUT2D eigenvalue weighted by Gasteiger charge is -2.28. The number of carbonyl (C=O) groups is 2. The lowest BCUT2D eigenvalue weighted by molar-refractivity contribution is -0.149. The fourth-order valence-corrected chi connectivity index (χ4v) is 9.10. The smallest absolute Gasteiger partial charge is 0.308 e. The van der Waals surface area contributed by atoms with Crippen LogP contribution in [-0.4, -0.2) is 121 Å². The van der Waals surface area contributed by atoms with Crippen LogP contribution < -0.4 is 0 Å². The van der Waals surface area contributed by atoms with E-state index in [-0.39, 0.29) is 17.9 Å². The van der Waals surface area contributed by atoms with Crippen molar-refractivity contribution < 1.29 is 29.3 Å².